The minimum absolute atomic E-state index is 0.205. The minimum Gasteiger partial charge on any atom is -0.396 e. The predicted octanol–water partition coefficient (Wildman–Crippen LogP) is 4.94. The fourth-order valence-electron chi connectivity index (χ4n) is 9.07. The summed E-state index contributed by atoms with van der Waals surface area (Å²) in [6.07, 6.45) is 11.6. The number of aliphatic hydroxyl groups excluding tert-OH is 3. The summed E-state index contributed by atoms with van der Waals surface area (Å²) in [5, 5.41) is 31.3. The first-order valence-corrected chi connectivity index (χ1v) is 12.4. The van der Waals surface area contributed by atoms with Crippen molar-refractivity contribution in [1.82, 2.24) is 0 Å². The molecule has 0 aromatic heterocycles. The molecule has 0 bridgehead atoms. The highest BCUT2D eigenvalue weighted by molar-refractivity contribution is 5.26. The van der Waals surface area contributed by atoms with Crippen molar-refractivity contribution in [2.45, 2.75) is 97.7 Å². The van der Waals surface area contributed by atoms with E-state index in [0.29, 0.717) is 41.6 Å². The van der Waals surface area contributed by atoms with E-state index in [1.165, 1.54) is 31.3 Å². The van der Waals surface area contributed by atoms with Crippen LogP contribution in [0.5, 0.6) is 0 Å². The van der Waals surface area contributed by atoms with Gasteiger partial charge in [-0.05, 0) is 117 Å². The molecule has 4 aliphatic rings. The Kier molecular flexibility index (Phi) is 5.99. The zero-order chi connectivity index (χ0) is 21.0. The first kappa shape index (κ1) is 21.8. The van der Waals surface area contributed by atoms with Crippen molar-refractivity contribution in [3.05, 3.63) is 11.6 Å². The summed E-state index contributed by atoms with van der Waals surface area (Å²) in [6, 6.07) is 0. The molecule has 4 aliphatic carbocycles. The first-order valence-electron chi connectivity index (χ1n) is 12.4. The van der Waals surface area contributed by atoms with Gasteiger partial charge in [0, 0.05) is 6.61 Å². The van der Waals surface area contributed by atoms with E-state index >= 15 is 0 Å². The van der Waals surface area contributed by atoms with Gasteiger partial charge < -0.3 is 15.3 Å². The molecule has 0 saturated heterocycles. The Morgan fingerprint density at radius 3 is 2.41 bits per heavy atom. The fourth-order valence-corrected chi connectivity index (χ4v) is 9.07. The molecule has 0 aromatic carbocycles. The van der Waals surface area contributed by atoms with Crippen molar-refractivity contribution >= 4 is 0 Å². The third-order valence-corrected chi connectivity index (χ3v) is 10.5. The molecule has 4 fully saturated rings. The lowest BCUT2D eigenvalue weighted by Crippen LogP contribution is -2.59. The second kappa shape index (κ2) is 7.95. The second-order valence-corrected chi connectivity index (χ2v) is 11.6. The standard InChI is InChI=1S/C26H44O3/c1-5-18-22-15-17(28)10-12-26(22,4)21-11-13-25(3)19(16(2)7-6-14-27)8-9-20(25)23(21)24(18)29/h5,16-17,19-24,27-29H,6-15H2,1-4H3/b18-5-/t16-,17-,19-,20+,21+,22+,23+,24+,25-,26-/m1/s1. The van der Waals surface area contributed by atoms with Gasteiger partial charge in [0.15, 0.2) is 0 Å². The zero-order valence-corrected chi connectivity index (χ0v) is 19.1. The van der Waals surface area contributed by atoms with Crippen LogP contribution >= 0.6 is 0 Å². The van der Waals surface area contributed by atoms with E-state index in [4.69, 9.17) is 0 Å². The molecule has 0 unspecified atom stereocenters. The van der Waals surface area contributed by atoms with Gasteiger partial charge in [-0.1, -0.05) is 26.8 Å². The molecule has 0 aliphatic heterocycles. The fraction of sp³-hybridized carbons (Fsp3) is 0.923. The molecule has 3 N–H and O–H groups in total. The van der Waals surface area contributed by atoms with Gasteiger partial charge in [-0.3, -0.25) is 0 Å². The van der Waals surface area contributed by atoms with Crippen LogP contribution in [-0.2, 0) is 0 Å². The lowest BCUT2D eigenvalue weighted by Gasteiger charge is -2.63. The highest BCUT2D eigenvalue weighted by atomic mass is 16.3. The van der Waals surface area contributed by atoms with Crippen LogP contribution < -0.4 is 0 Å². The van der Waals surface area contributed by atoms with Crippen LogP contribution in [0.1, 0.15) is 85.5 Å². The highest BCUT2D eigenvalue weighted by Gasteiger charge is 2.63. The van der Waals surface area contributed by atoms with Crippen LogP contribution in [0.15, 0.2) is 11.6 Å². The maximum Gasteiger partial charge on any atom is 0.0786 e. The monoisotopic (exact) mass is 404 g/mol. The summed E-state index contributed by atoms with van der Waals surface area (Å²) in [5.41, 5.74) is 1.79. The van der Waals surface area contributed by atoms with Gasteiger partial charge in [0.2, 0.25) is 0 Å². The number of aliphatic hydroxyl groups is 3. The summed E-state index contributed by atoms with van der Waals surface area (Å²) in [5.74, 6) is 3.30. The number of hydrogen-bond acceptors (Lipinski definition) is 3. The summed E-state index contributed by atoms with van der Waals surface area (Å²) >= 11 is 0. The SMILES string of the molecule is C/C=C1\[C@H](O)[C@@H]2[C@H](CC[C@]3(C)[C@@H]([C@H](C)CCCO)CC[C@@H]23)[C@@]2(C)CC[C@@H](O)C[C@@H]12. The average molecular weight is 405 g/mol. The van der Waals surface area contributed by atoms with Gasteiger partial charge >= 0.3 is 0 Å². The van der Waals surface area contributed by atoms with Gasteiger partial charge in [-0.15, -0.1) is 0 Å². The molecule has 3 nitrogen and oxygen atoms in total. The van der Waals surface area contributed by atoms with Crippen LogP contribution in [0.25, 0.3) is 0 Å². The molecule has 0 amide bonds. The number of allylic oxidation sites excluding steroid dienone is 1. The van der Waals surface area contributed by atoms with Crippen LogP contribution in [-0.4, -0.2) is 34.1 Å². The van der Waals surface area contributed by atoms with Gasteiger partial charge in [0.25, 0.3) is 0 Å². The molecule has 4 rings (SSSR count). The molecule has 29 heavy (non-hydrogen) atoms. The second-order valence-electron chi connectivity index (χ2n) is 11.6. The zero-order valence-electron chi connectivity index (χ0n) is 19.1. The quantitative estimate of drug-likeness (QED) is 0.582. The third-order valence-electron chi connectivity index (χ3n) is 10.5. The maximum absolute atomic E-state index is 11.6. The van der Waals surface area contributed by atoms with Crippen LogP contribution in [0.2, 0.25) is 0 Å². The molecule has 4 saturated carbocycles. The largest absolute Gasteiger partial charge is 0.396 e. The van der Waals surface area contributed by atoms with Crippen molar-refractivity contribution in [3.8, 4) is 0 Å². The number of rotatable bonds is 4. The molecular weight excluding hydrogens is 360 g/mol. The smallest absolute Gasteiger partial charge is 0.0786 e. The molecule has 3 heteroatoms. The van der Waals surface area contributed by atoms with E-state index in [-0.39, 0.29) is 17.6 Å². The Hall–Kier alpha value is -0.380. The van der Waals surface area contributed by atoms with Gasteiger partial charge in [0.05, 0.1) is 12.2 Å². The number of fused-ring (bicyclic) bond motifs is 5. The third kappa shape index (κ3) is 3.26. The molecule has 166 valence electrons. The first-order chi connectivity index (χ1) is 13.8. The topological polar surface area (TPSA) is 60.7 Å². The van der Waals surface area contributed by atoms with E-state index in [9.17, 15) is 15.3 Å². The Balaban J connectivity index is 1.65. The summed E-state index contributed by atoms with van der Waals surface area (Å²) in [7, 11) is 0. The molecule has 0 spiro atoms. The van der Waals surface area contributed by atoms with Gasteiger partial charge in [-0.2, -0.15) is 0 Å². The normalized spacial score (nSPS) is 52.0. The highest BCUT2D eigenvalue weighted by Crippen LogP contribution is 2.69. The molecule has 10 atom stereocenters. The summed E-state index contributed by atoms with van der Waals surface area (Å²) in [6.45, 7) is 9.81. The molecule has 0 heterocycles. The van der Waals surface area contributed by atoms with Crippen molar-refractivity contribution in [2.24, 2.45) is 46.3 Å². The molecular formula is C26H44O3. The van der Waals surface area contributed by atoms with Crippen LogP contribution in [0, 0.1) is 46.3 Å². The minimum atomic E-state index is -0.329. The van der Waals surface area contributed by atoms with Crippen molar-refractivity contribution in [2.75, 3.05) is 6.61 Å². The van der Waals surface area contributed by atoms with E-state index in [1.54, 1.807) is 0 Å². The van der Waals surface area contributed by atoms with Crippen molar-refractivity contribution in [3.63, 3.8) is 0 Å². The lowest BCUT2D eigenvalue weighted by atomic mass is 9.42. The predicted molar refractivity (Wildman–Crippen MR) is 117 cm³/mol. The Bertz CT molecular complexity index is 629. The number of hydrogen-bond donors (Lipinski definition) is 3. The van der Waals surface area contributed by atoms with Crippen LogP contribution in [0.3, 0.4) is 0 Å². The lowest BCUT2D eigenvalue weighted by molar-refractivity contribution is -0.147. The van der Waals surface area contributed by atoms with E-state index in [0.717, 1.165) is 38.0 Å². The van der Waals surface area contributed by atoms with Crippen molar-refractivity contribution < 1.29 is 15.3 Å². The Morgan fingerprint density at radius 2 is 1.72 bits per heavy atom. The average Bonchev–Trinajstić information content (AvgIpc) is 3.05. The summed E-state index contributed by atoms with van der Waals surface area (Å²) in [4.78, 5) is 0. The van der Waals surface area contributed by atoms with E-state index < -0.39 is 0 Å². The molecule has 0 radical (unpaired) electrons. The summed E-state index contributed by atoms with van der Waals surface area (Å²) < 4.78 is 0. The Morgan fingerprint density at radius 1 is 1.03 bits per heavy atom. The van der Waals surface area contributed by atoms with Crippen molar-refractivity contribution in [1.29, 1.82) is 0 Å². The van der Waals surface area contributed by atoms with Gasteiger partial charge in [0.1, 0.15) is 0 Å². The van der Waals surface area contributed by atoms with E-state index in [2.05, 4.69) is 33.8 Å². The maximum atomic E-state index is 11.6. The van der Waals surface area contributed by atoms with Gasteiger partial charge in [-0.25, -0.2) is 0 Å². The van der Waals surface area contributed by atoms with E-state index in [1.807, 2.05) is 0 Å². The Labute approximate surface area is 178 Å². The van der Waals surface area contributed by atoms with Crippen LogP contribution in [0.4, 0.5) is 0 Å². The molecule has 0 aromatic rings.